The van der Waals surface area contributed by atoms with E-state index >= 15 is 0 Å². The summed E-state index contributed by atoms with van der Waals surface area (Å²) in [4.78, 5) is 24.3. The van der Waals surface area contributed by atoms with E-state index in [0.29, 0.717) is 22.1 Å². The molecule has 0 saturated carbocycles. The molecule has 6 nitrogen and oxygen atoms in total. The van der Waals surface area contributed by atoms with Crippen LogP contribution in [0.3, 0.4) is 0 Å². The van der Waals surface area contributed by atoms with Crippen molar-refractivity contribution in [1.82, 2.24) is 5.43 Å². The number of carbonyl (C=O) groups excluding carboxylic acids is 2. The van der Waals surface area contributed by atoms with Crippen LogP contribution in [0.1, 0.15) is 15.9 Å². The fourth-order valence-corrected chi connectivity index (χ4v) is 3.54. The van der Waals surface area contributed by atoms with Gasteiger partial charge in [0, 0.05) is 5.02 Å². The lowest BCUT2D eigenvalue weighted by Gasteiger charge is -2.07. The van der Waals surface area contributed by atoms with Gasteiger partial charge in [-0.2, -0.15) is 5.10 Å². The van der Waals surface area contributed by atoms with Crippen molar-refractivity contribution in [2.45, 2.75) is 0 Å². The summed E-state index contributed by atoms with van der Waals surface area (Å²) in [7, 11) is 0. The molecule has 1 N–H and O–H groups in total. The number of nitrogens with one attached hydrogen (secondary N) is 1. The molecular weight excluding hydrogens is 475 g/mol. The molecule has 0 saturated heterocycles. The molecule has 0 aliphatic heterocycles. The normalized spacial score (nSPS) is 10.9. The zero-order valence-corrected chi connectivity index (χ0v) is 19.2. The van der Waals surface area contributed by atoms with Crippen LogP contribution in [0.25, 0.3) is 10.8 Å². The molecule has 0 spiro atoms. The van der Waals surface area contributed by atoms with E-state index in [1.165, 1.54) is 18.3 Å². The van der Waals surface area contributed by atoms with Crippen LogP contribution in [0.2, 0.25) is 10.0 Å². The highest BCUT2D eigenvalue weighted by molar-refractivity contribution is 6.36. The molecule has 1 amide bonds. The van der Waals surface area contributed by atoms with Gasteiger partial charge in [-0.15, -0.1) is 0 Å². The first-order chi connectivity index (χ1) is 16.5. The van der Waals surface area contributed by atoms with Crippen molar-refractivity contribution in [3.63, 3.8) is 0 Å². The van der Waals surface area contributed by atoms with Crippen LogP contribution in [-0.4, -0.2) is 24.7 Å². The summed E-state index contributed by atoms with van der Waals surface area (Å²) >= 11 is 11.9. The third-order valence-electron chi connectivity index (χ3n) is 4.74. The first kappa shape index (κ1) is 23.3. The van der Waals surface area contributed by atoms with Crippen molar-refractivity contribution in [3.8, 4) is 11.5 Å². The Morgan fingerprint density at radius 3 is 2.35 bits per heavy atom. The van der Waals surface area contributed by atoms with Gasteiger partial charge in [0.15, 0.2) is 6.61 Å². The maximum atomic E-state index is 12.3. The van der Waals surface area contributed by atoms with Crippen LogP contribution < -0.4 is 14.9 Å². The van der Waals surface area contributed by atoms with E-state index in [1.807, 2.05) is 42.5 Å². The minimum Gasteiger partial charge on any atom is -0.484 e. The van der Waals surface area contributed by atoms with Gasteiger partial charge in [-0.1, -0.05) is 53.5 Å². The van der Waals surface area contributed by atoms with Crippen LogP contribution in [0.15, 0.2) is 90.0 Å². The van der Waals surface area contributed by atoms with Gasteiger partial charge in [0.2, 0.25) is 0 Å². The van der Waals surface area contributed by atoms with Crippen LogP contribution >= 0.6 is 23.2 Å². The second-order valence-electron chi connectivity index (χ2n) is 7.17. The second-order valence-corrected chi connectivity index (χ2v) is 8.02. The molecule has 4 aromatic carbocycles. The molecule has 8 heteroatoms. The number of carbonyl (C=O) groups is 2. The SMILES string of the molecule is O=C(COc1ccc2ccccc2c1)N/N=C\c1ccc(OC(=O)c2ccc(Cl)cc2Cl)cc1. The Labute approximate surface area is 205 Å². The fraction of sp³-hybridized carbons (Fsp3) is 0.0385. The highest BCUT2D eigenvalue weighted by Gasteiger charge is 2.13. The number of amides is 1. The minimum atomic E-state index is -0.596. The lowest BCUT2D eigenvalue weighted by Crippen LogP contribution is -2.24. The number of ether oxygens (including phenoxy) is 2. The molecule has 170 valence electrons. The van der Waals surface area contributed by atoms with Gasteiger partial charge in [-0.05, 0) is 70.9 Å². The lowest BCUT2D eigenvalue weighted by atomic mass is 10.1. The average molecular weight is 493 g/mol. The Bertz CT molecular complexity index is 1370. The zero-order valence-electron chi connectivity index (χ0n) is 17.7. The smallest absolute Gasteiger partial charge is 0.345 e. The van der Waals surface area contributed by atoms with Crippen molar-refractivity contribution >= 4 is 52.1 Å². The molecule has 0 aromatic heterocycles. The summed E-state index contributed by atoms with van der Waals surface area (Å²) in [5.74, 6) is -0.0552. The number of halogens is 2. The van der Waals surface area contributed by atoms with Crippen molar-refractivity contribution < 1.29 is 19.1 Å². The molecular formula is C26H18Cl2N2O4. The quantitative estimate of drug-likeness (QED) is 0.151. The van der Waals surface area contributed by atoms with Crippen LogP contribution in [-0.2, 0) is 4.79 Å². The largest absolute Gasteiger partial charge is 0.484 e. The number of nitrogens with zero attached hydrogens (tertiary/aromatic N) is 1. The Morgan fingerprint density at radius 1 is 0.853 bits per heavy atom. The Balaban J connectivity index is 1.26. The number of esters is 1. The maximum Gasteiger partial charge on any atom is 0.345 e. The summed E-state index contributed by atoms with van der Waals surface area (Å²) in [6, 6.07) is 24.6. The monoisotopic (exact) mass is 492 g/mol. The van der Waals surface area contributed by atoms with E-state index in [4.69, 9.17) is 32.7 Å². The standard InChI is InChI=1S/C26H18Cl2N2O4/c27-20-8-12-23(24(28)14-20)26(32)34-21-9-5-17(6-10-21)15-29-30-25(31)16-33-22-11-7-18-3-1-2-4-19(18)13-22/h1-15H,16H2,(H,30,31)/b29-15-. The first-order valence-corrected chi connectivity index (χ1v) is 10.9. The van der Waals surface area contributed by atoms with E-state index < -0.39 is 11.9 Å². The topological polar surface area (TPSA) is 77.0 Å². The first-order valence-electron chi connectivity index (χ1n) is 10.2. The van der Waals surface area contributed by atoms with E-state index in [1.54, 1.807) is 30.3 Å². The number of benzene rings is 4. The number of hydrazone groups is 1. The van der Waals surface area contributed by atoms with Crippen molar-refractivity contribution in [1.29, 1.82) is 0 Å². The van der Waals surface area contributed by atoms with Gasteiger partial charge in [-0.25, -0.2) is 10.2 Å². The highest BCUT2D eigenvalue weighted by atomic mass is 35.5. The molecule has 0 radical (unpaired) electrons. The third-order valence-corrected chi connectivity index (χ3v) is 5.28. The molecule has 0 unspecified atom stereocenters. The summed E-state index contributed by atoms with van der Waals surface area (Å²) in [5, 5.41) is 6.68. The molecule has 34 heavy (non-hydrogen) atoms. The van der Waals surface area contributed by atoms with E-state index in [0.717, 1.165) is 10.8 Å². The lowest BCUT2D eigenvalue weighted by molar-refractivity contribution is -0.123. The number of hydrogen-bond acceptors (Lipinski definition) is 5. The fourth-order valence-electron chi connectivity index (χ4n) is 3.06. The summed E-state index contributed by atoms with van der Waals surface area (Å²) < 4.78 is 10.9. The molecule has 0 bridgehead atoms. The molecule has 0 aliphatic rings. The van der Waals surface area contributed by atoms with Gasteiger partial charge >= 0.3 is 5.97 Å². The van der Waals surface area contributed by atoms with E-state index in [-0.39, 0.29) is 17.2 Å². The second kappa shape index (κ2) is 10.8. The molecule has 4 rings (SSSR count). The van der Waals surface area contributed by atoms with Crippen molar-refractivity contribution in [3.05, 3.63) is 106 Å². The van der Waals surface area contributed by atoms with Crippen LogP contribution in [0.4, 0.5) is 0 Å². The van der Waals surface area contributed by atoms with E-state index in [9.17, 15) is 9.59 Å². The molecule has 0 aliphatic carbocycles. The highest BCUT2D eigenvalue weighted by Crippen LogP contribution is 2.23. The van der Waals surface area contributed by atoms with Crippen molar-refractivity contribution in [2.24, 2.45) is 5.10 Å². The summed E-state index contributed by atoms with van der Waals surface area (Å²) in [5.41, 5.74) is 3.32. The number of hydrogen-bond donors (Lipinski definition) is 1. The number of fused-ring (bicyclic) bond motifs is 1. The molecule has 0 fully saturated rings. The van der Waals surface area contributed by atoms with Gasteiger partial charge < -0.3 is 9.47 Å². The van der Waals surface area contributed by atoms with Gasteiger partial charge in [-0.3, -0.25) is 4.79 Å². The van der Waals surface area contributed by atoms with Crippen LogP contribution in [0, 0.1) is 0 Å². The van der Waals surface area contributed by atoms with Gasteiger partial charge in [0.1, 0.15) is 11.5 Å². The molecule has 4 aromatic rings. The van der Waals surface area contributed by atoms with E-state index in [2.05, 4.69) is 10.5 Å². The predicted molar refractivity (Wildman–Crippen MR) is 133 cm³/mol. The number of rotatable bonds is 7. The predicted octanol–water partition coefficient (Wildman–Crippen LogP) is 5.89. The van der Waals surface area contributed by atoms with Gasteiger partial charge in [0.05, 0.1) is 16.8 Å². The zero-order chi connectivity index (χ0) is 23.9. The maximum absolute atomic E-state index is 12.3. The average Bonchev–Trinajstić information content (AvgIpc) is 2.83. The third kappa shape index (κ3) is 6.13. The Hall–Kier alpha value is -3.87. The summed E-state index contributed by atoms with van der Waals surface area (Å²) in [6.45, 7) is -0.169. The summed E-state index contributed by atoms with van der Waals surface area (Å²) in [6.07, 6.45) is 1.47. The van der Waals surface area contributed by atoms with Crippen LogP contribution in [0.5, 0.6) is 11.5 Å². The minimum absolute atomic E-state index is 0.169. The molecule has 0 atom stereocenters. The Kier molecular flexibility index (Phi) is 7.42. The van der Waals surface area contributed by atoms with Gasteiger partial charge in [0.25, 0.3) is 5.91 Å². The molecule has 0 heterocycles. The Morgan fingerprint density at radius 2 is 1.59 bits per heavy atom. The van der Waals surface area contributed by atoms with Crippen molar-refractivity contribution in [2.75, 3.05) is 6.61 Å².